The fourth-order valence-electron chi connectivity index (χ4n) is 1.46. The van der Waals surface area contributed by atoms with Gasteiger partial charge in [0.2, 0.25) is 0 Å². The van der Waals surface area contributed by atoms with Crippen LogP contribution >= 0.6 is 0 Å². The molecule has 0 unspecified atom stereocenters. The molecule has 14 heavy (non-hydrogen) atoms. The van der Waals surface area contributed by atoms with Crippen molar-refractivity contribution in [2.45, 2.75) is 6.61 Å². The zero-order valence-electron chi connectivity index (χ0n) is 8.01. The first-order valence-electron chi connectivity index (χ1n) is 4.50. The van der Waals surface area contributed by atoms with Crippen molar-refractivity contribution in [2.24, 2.45) is 7.05 Å². The van der Waals surface area contributed by atoms with Crippen LogP contribution in [0.1, 0.15) is 5.69 Å². The molecule has 1 aromatic heterocycles. The van der Waals surface area contributed by atoms with E-state index in [1.165, 1.54) is 0 Å². The lowest BCUT2D eigenvalue weighted by molar-refractivity contribution is 0.277. The Kier molecular flexibility index (Phi) is 2.33. The van der Waals surface area contributed by atoms with Crippen LogP contribution < -0.4 is 0 Å². The highest BCUT2D eigenvalue weighted by Crippen LogP contribution is 2.17. The molecule has 0 saturated heterocycles. The number of aliphatic hydroxyl groups is 1. The number of aromatic nitrogens is 2. The van der Waals surface area contributed by atoms with Gasteiger partial charge in [0.25, 0.3) is 0 Å². The number of aryl methyl sites for hydroxylation is 1. The largest absolute Gasteiger partial charge is 0.390 e. The van der Waals surface area contributed by atoms with Crippen LogP contribution in [0.15, 0.2) is 36.5 Å². The minimum Gasteiger partial charge on any atom is -0.390 e. The molecular weight excluding hydrogens is 176 g/mol. The Morgan fingerprint density at radius 2 is 2.00 bits per heavy atom. The molecule has 0 bridgehead atoms. The second-order valence-corrected chi connectivity index (χ2v) is 3.19. The van der Waals surface area contributed by atoms with Crippen molar-refractivity contribution in [3.8, 4) is 11.4 Å². The van der Waals surface area contributed by atoms with Gasteiger partial charge in [-0.3, -0.25) is 0 Å². The molecular formula is C11H12N2O. The van der Waals surface area contributed by atoms with Gasteiger partial charge in [0.15, 0.2) is 0 Å². The molecule has 0 aliphatic heterocycles. The molecule has 72 valence electrons. The van der Waals surface area contributed by atoms with Gasteiger partial charge in [-0.2, -0.15) is 0 Å². The maximum Gasteiger partial charge on any atom is 0.140 e. The molecule has 0 amide bonds. The van der Waals surface area contributed by atoms with Crippen molar-refractivity contribution >= 4 is 0 Å². The van der Waals surface area contributed by atoms with E-state index in [9.17, 15) is 0 Å². The highest BCUT2D eigenvalue weighted by Gasteiger charge is 2.05. The summed E-state index contributed by atoms with van der Waals surface area (Å²) in [6.45, 7) is -0.0132. The molecule has 0 aliphatic carbocycles. The summed E-state index contributed by atoms with van der Waals surface area (Å²) in [5.41, 5.74) is 1.76. The molecule has 0 fully saturated rings. The van der Waals surface area contributed by atoms with Gasteiger partial charge in [-0.15, -0.1) is 0 Å². The van der Waals surface area contributed by atoms with E-state index in [4.69, 9.17) is 5.11 Å². The molecule has 1 N–H and O–H groups in total. The molecule has 2 aromatic rings. The van der Waals surface area contributed by atoms with Crippen LogP contribution in [0.5, 0.6) is 0 Å². The fraction of sp³-hybridized carbons (Fsp3) is 0.182. The summed E-state index contributed by atoms with van der Waals surface area (Å²) in [6, 6.07) is 9.93. The van der Waals surface area contributed by atoms with Crippen LogP contribution in [0.25, 0.3) is 11.4 Å². The van der Waals surface area contributed by atoms with Crippen LogP contribution in [0.4, 0.5) is 0 Å². The molecule has 0 spiro atoms. The number of hydrogen-bond acceptors (Lipinski definition) is 2. The zero-order chi connectivity index (χ0) is 9.97. The van der Waals surface area contributed by atoms with Gasteiger partial charge < -0.3 is 9.67 Å². The minimum atomic E-state index is -0.0132. The second-order valence-electron chi connectivity index (χ2n) is 3.19. The van der Waals surface area contributed by atoms with Crippen molar-refractivity contribution in [1.29, 1.82) is 0 Å². The van der Waals surface area contributed by atoms with E-state index in [1.54, 1.807) is 0 Å². The van der Waals surface area contributed by atoms with E-state index in [-0.39, 0.29) is 6.61 Å². The number of imidazole rings is 1. The molecule has 0 aliphatic rings. The van der Waals surface area contributed by atoms with E-state index in [0.717, 1.165) is 11.4 Å². The van der Waals surface area contributed by atoms with Gasteiger partial charge in [-0.05, 0) is 0 Å². The molecule has 3 nitrogen and oxygen atoms in total. The minimum absolute atomic E-state index is 0.0132. The Balaban J connectivity index is 2.46. The topological polar surface area (TPSA) is 38.0 Å². The van der Waals surface area contributed by atoms with E-state index < -0.39 is 0 Å². The maximum absolute atomic E-state index is 8.95. The number of benzene rings is 1. The Labute approximate surface area is 82.7 Å². The number of rotatable bonds is 2. The normalized spacial score (nSPS) is 10.4. The van der Waals surface area contributed by atoms with E-state index in [1.807, 2.05) is 48.1 Å². The quantitative estimate of drug-likeness (QED) is 0.777. The first-order valence-corrected chi connectivity index (χ1v) is 4.50. The first kappa shape index (κ1) is 8.97. The molecule has 3 heteroatoms. The third kappa shape index (κ3) is 1.54. The third-order valence-electron chi connectivity index (χ3n) is 2.12. The summed E-state index contributed by atoms with van der Waals surface area (Å²) >= 11 is 0. The number of nitrogens with zero attached hydrogens (tertiary/aromatic N) is 2. The van der Waals surface area contributed by atoms with Gasteiger partial charge in [-0.25, -0.2) is 4.98 Å². The Morgan fingerprint density at radius 3 is 2.57 bits per heavy atom. The van der Waals surface area contributed by atoms with Crippen molar-refractivity contribution in [3.05, 3.63) is 42.2 Å². The first-order chi connectivity index (χ1) is 6.81. The SMILES string of the molecule is Cn1cc(CO)nc1-c1ccccc1. The molecule has 0 radical (unpaired) electrons. The molecule has 2 rings (SSSR count). The average Bonchev–Trinajstić information content (AvgIpc) is 2.61. The van der Waals surface area contributed by atoms with Crippen LogP contribution in [0, 0.1) is 0 Å². The van der Waals surface area contributed by atoms with Gasteiger partial charge in [-0.1, -0.05) is 30.3 Å². The lowest BCUT2D eigenvalue weighted by atomic mass is 10.2. The van der Waals surface area contributed by atoms with Crippen molar-refractivity contribution in [2.75, 3.05) is 0 Å². The van der Waals surface area contributed by atoms with Gasteiger partial charge in [0, 0.05) is 18.8 Å². The van der Waals surface area contributed by atoms with E-state index in [2.05, 4.69) is 4.98 Å². The van der Waals surface area contributed by atoms with E-state index in [0.29, 0.717) is 5.69 Å². The second kappa shape index (κ2) is 3.64. The van der Waals surface area contributed by atoms with Gasteiger partial charge in [0.1, 0.15) is 5.82 Å². The lowest BCUT2D eigenvalue weighted by Gasteiger charge is -1.99. The number of aliphatic hydroxyl groups excluding tert-OH is 1. The predicted molar refractivity (Wildman–Crippen MR) is 54.6 cm³/mol. The molecule has 1 aromatic carbocycles. The van der Waals surface area contributed by atoms with Crippen LogP contribution in [0.2, 0.25) is 0 Å². The van der Waals surface area contributed by atoms with Crippen molar-refractivity contribution in [3.63, 3.8) is 0 Å². The summed E-state index contributed by atoms with van der Waals surface area (Å²) in [5.74, 6) is 0.884. The summed E-state index contributed by atoms with van der Waals surface area (Å²) in [4.78, 5) is 4.31. The Hall–Kier alpha value is -1.61. The van der Waals surface area contributed by atoms with E-state index >= 15 is 0 Å². The number of hydrogen-bond donors (Lipinski definition) is 1. The summed E-state index contributed by atoms with van der Waals surface area (Å²) in [7, 11) is 1.93. The third-order valence-corrected chi connectivity index (χ3v) is 2.12. The lowest BCUT2D eigenvalue weighted by Crippen LogP contribution is -1.90. The Morgan fingerprint density at radius 1 is 1.29 bits per heavy atom. The molecule has 1 heterocycles. The smallest absolute Gasteiger partial charge is 0.140 e. The predicted octanol–water partition coefficient (Wildman–Crippen LogP) is 1.58. The highest BCUT2D eigenvalue weighted by atomic mass is 16.3. The van der Waals surface area contributed by atoms with Crippen molar-refractivity contribution in [1.82, 2.24) is 9.55 Å². The summed E-state index contributed by atoms with van der Waals surface area (Å²) in [6.07, 6.45) is 1.84. The highest BCUT2D eigenvalue weighted by molar-refractivity contribution is 5.55. The maximum atomic E-state index is 8.95. The standard InChI is InChI=1S/C11H12N2O/c1-13-7-10(8-14)12-11(13)9-5-3-2-4-6-9/h2-7,14H,8H2,1H3. The van der Waals surface area contributed by atoms with Gasteiger partial charge >= 0.3 is 0 Å². The van der Waals surface area contributed by atoms with Gasteiger partial charge in [0.05, 0.1) is 12.3 Å². The van der Waals surface area contributed by atoms with Crippen LogP contribution in [0.3, 0.4) is 0 Å². The summed E-state index contributed by atoms with van der Waals surface area (Å²) < 4.78 is 1.92. The fourth-order valence-corrected chi connectivity index (χ4v) is 1.46. The molecule has 0 atom stereocenters. The van der Waals surface area contributed by atoms with Crippen LogP contribution in [-0.2, 0) is 13.7 Å². The zero-order valence-corrected chi connectivity index (χ0v) is 8.01. The Bertz CT molecular complexity index is 420. The average molecular weight is 188 g/mol. The van der Waals surface area contributed by atoms with Crippen LogP contribution in [-0.4, -0.2) is 14.7 Å². The molecule has 0 saturated carbocycles. The monoisotopic (exact) mass is 188 g/mol. The van der Waals surface area contributed by atoms with Crippen molar-refractivity contribution < 1.29 is 5.11 Å². The summed E-state index contributed by atoms with van der Waals surface area (Å²) in [5, 5.41) is 8.95.